The number of halogens is 2. The van der Waals surface area contributed by atoms with Crippen LogP contribution in [-0.2, 0) is 13.0 Å². The molecule has 1 aromatic carbocycles. The first-order valence-corrected chi connectivity index (χ1v) is 8.89. The van der Waals surface area contributed by atoms with Crippen LogP contribution in [0.5, 0.6) is 0 Å². The zero-order chi connectivity index (χ0) is 18.3. The van der Waals surface area contributed by atoms with Crippen molar-refractivity contribution in [2.75, 3.05) is 18.9 Å². The Morgan fingerprint density at radius 1 is 1.35 bits per heavy atom. The first kappa shape index (κ1) is 16.6. The molecule has 3 aromatic rings. The van der Waals surface area contributed by atoms with Gasteiger partial charge in [-0.05, 0) is 12.1 Å². The summed E-state index contributed by atoms with van der Waals surface area (Å²) in [4.78, 5) is 26.0. The van der Waals surface area contributed by atoms with Crippen molar-refractivity contribution in [2.24, 2.45) is 0 Å². The highest BCUT2D eigenvalue weighted by molar-refractivity contribution is 7.13. The third-order valence-corrected chi connectivity index (χ3v) is 5.10. The van der Waals surface area contributed by atoms with E-state index in [1.807, 2.05) is 0 Å². The van der Waals surface area contributed by atoms with Gasteiger partial charge >= 0.3 is 0 Å². The number of H-pyrrole nitrogens is 1. The molecule has 1 aliphatic rings. The fourth-order valence-electron chi connectivity index (χ4n) is 2.93. The Morgan fingerprint density at radius 3 is 2.92 bits per heavy atom. The summed E-state index contributed by atoms with van der Waals surface area (Å²) in [5.41, 5.74) is 2.15. The fraction of sp³-hybridized carbons (Fsp3) is 0.235. The van der Waals surface area contributed by atoms with E-state index in [-0.39, 0.29) is 11.5 Å². The zero-order valence-electron chi connectivity index (χ0n) is 13.8. The maximum atomic E-state index is 14.0. The number of fused-ring (bicyclic) bond motifs is 1. The molecule has 1 amide bonds. The van der Waals surface area contributed by atoms with Gasteiger partial charge in [0.25, 0.3) is 5.91 Å². The van der Waals surface area contributed by atoms with E-state index in [4.69, 9.17) is 0 Å². The van der Waals surface area contributed by atoms with Crippen molar-refractivity contribution in [1.82, 2.24) is 19.9 Å². The molecule has 9 heteroatoms. The van der Waals surface area contributed by atoms with Gasteiger partial charge in [0.05, 0.1) is 23.5 Å². The largest absolute Gasteiger partial charge is 0.365 e. The molecule has 134 valence electrons. The highest BCUT2D eigenvalue weighted by Gasteiger charge is 2.26. The van der Waals surface area contributed by atoms with Crippen LogP contribution in [0.1, 0.15) is 21.9 Å². The summed E-state index contributed by atoms with van der Waals surface area (Å²) in [6, 6.07) is 3.37. The molecule has 2 N–H and O–H groups in total. The molecule has 0 saturated carbocycles. The van der Waals surface area contributed by atoms with E-state index >= 15 is 0 Å². The molecule has 1 aliphatic heterocycles. The SMILES string of the molecule is CNc1nc(C(=O)N2CCc3nc(-c4ccc(F)cc4F)[nH]c3C2)cs1. The van der Waals surface area contributed by atoms with E-state index in [9.17, 15) is 13.6 Å². The fourth-order valence-corrected chi connectivity index (χ4v) is 3.57. The normalized spacial score (nSPS) is 13.6. The lowest BCUT2D eigenvalue weighted by atomic mass is 10.1. The number of nitrogens with zero attached hydrogens (tertiary/aromatic N) is 3. The van der Waals surface area contributed by atoms with Crippen LogP contribution in [0, 0.1) is 11.6 Å². The lowest BCUT2D eigenvalue weighted by molar-refractivity contribution is 0.0727. The summed E-state index contributed by atoms with van der Waals surface area (Å²) in [5.74, 6) is -1.12. The Kier molecular flexibility index (Phi) is 4.15. The van der Waals surface area contributed by atoms with Crippen molar-refractivity contribution in [2.45, 2.75) is 13.0 Å². The molecule has 3 heterocycles. The maximum absolute atomic E-state index is 14.0. The Labute approximate surface area is 151 Å². The summed E-state index contributed by atoms with van der Waals surface area (Å²) < 4.78 is 27.1. The van der Waals surface area contributed by atoms with Gasteiger partial charge in [0, 0.05) is 31.5 Å². The van der Waals surface area contributed by atoms with E-state index in [1.54, 1.807) is 17.3 Å². The highest BCUT2D eigenvalue weighted by atomic mass is 32.1. The molecular weight excluding hydrogens is 360 g/mol. The number of aromatic amines is 1. The topological polar surface area (TPSA) is 73.9 Å². The predicted molar refractivity (Wildman–Crippen MR) is 94.0 cm³/mol. The van der Waals surface area contributed by atoms with E-state index < -0.39 is 11.6 Å². The van der Waals surface area contributed by atoms with E-state index in [0.717, 1.165) is 17.5 Å². The molecular formula is C17H15F2N5OS. The van der Waals surface area contributed by atoms with Crippen LogP contribution < -0.4 is 5.32 Å². The van der Waals surface area contributed by atoms with Gasteiger partial charge in [-0.15, -0.1) is 11.3 Å². The number of hydrogen-bond acceptors (Lipinski definition) is 5. The van der Waals surface area contributed by atoms with Gasteiger partial charge < -0.3 is 15.2 Å². The summed E-state index contributed by atoms with van der Waals surface area (Å²) in [5, 5.41) is 5.31. The van der Waals surface area contributed by atoms with Gasteiger partial charge in [0.15, 0.2) is 5.13 Å². The number of aromatic nitrogens is 3. The predicted octanol–water partition coefficient (Wildman–Crippen LogP) is 3.05. The standard InChI is InChI=1S/C17H15F2N5OS/c1-20-17-23-14(8-26-17)16(25)24-5-4-12-13(7-24)22-15(21-12)10-3-2-9(18)6-11(10)19/h2-3,6,8H,4-5,7H2,1H3,(H,20,23)(H,21,22). The number of nitrogens with one attached hydrogen (secondary N) is 2. The summed E-state index contributed by atoms with van der Waals surface area (Å²) >= 11 is 1.37. The molecule has 0 radical (unpaired) electrons. The first-order valence-electron chi connectivity index (χ1n) is 8.01. The number of amides is 1. The Hall–Kier alpha value is -2.81. The number of imidazole rings is 1. The van der Waals surface area contributed by atoms with Crippen molar-refractivity contribution in [1.29, 1.82) is 0 Å². The van der Waals surface area contributed by atoms with Gasteiger partial charge in [-0.2, -0.15) is 0 Å². The van der Waals surface area contributed by atoms with Crippen LogP contribution in [0.4, 0.5) is 13.9 Å². The Balaban J connectivity index is 1.57. The van der Waals surface area contributed by atoms with Gasteiger partial charge in [0.1, 0.15) is 23.2 Å². The van der Waals surface area contributed by atoms with Gasteiger partial charge in [0.2, 0.25) is 0 Å². The third kappa shape index (κ3) is 2.94. The zero-order valence-corrected chi connectivity index (χ0v) is 14.7. The van der Waals surface area contributed by atoms with Crippen LogP contribution in [0.3, 0.4) is 0 Å². The second-order valence-corrected chi connectivity index (χ2v) is 6.76. The lowest BCUT2D eigenvalue weighted by Gasteiger charge is -2.25. The average Bonchev–Trinajstić information content (AvgIpc) is 3.27. The van der Waals surface area contributed by atoms with Crippen LogP contribution >= 0.6 is 11.3 Å². The maximum Gasteiger partial charge on any atom is 0.273 e. The van der Waals surface area contributed by atoms with Gasteiger partial charge in [-0.25, -0.2) is 18.7 Å². The van der Waals surface area contributed by atoms with Gasteiger partial charge in [-0.1, -0.05) is 0 Å². The molecule has 2 aromatic heterocycles. The molecule has 6 nitrogen and oxygen atoms in total. The minimum Gasteiger partial charge on any atom is -0.365 e. The molecule has 26 heavy (non-hydrogen) atoms. The molecule has 0 bridgehead atoms. The summed E-state index contributed by atoms with van der Waals surface area (Å²) in [6.07, 6.45) is 0.559. The monoisotopic (exact) mass is 375 g/mol. The van der Waals surface area contributed by atoms with Crippen LogP contribution in [0.25, 0.3) is 11.4 Å². The van der Waals surface area contributed by atoms with Crippen LogP contribution in [0.2, 0.25) is 0 Å². The number of rotatable bonds is 3. The highest BCUT2D eigenvalue weighted by Crippen LogP contribution is 2.26. The molecule has 0 aliphatic carbocycles. The number of hydrogen-bond donors (Lipinski definition) is 2. The average molecular weight is 375 g/mol. The van der Waals surface area contributed by atoms with Crippen molar-refractivity contribution in [3.8, 4) is 11.4 Å². The smallest absolute Gasteiger partial charge is 0.273 e. The van der Waals surface area contributed by atoms with Crippen LogP contribution in [-0.4, -0.2) is 39.4 Å². The third-order valence-electron chi connectivity index (χ3n) is 4.24. The molecule has 4 rings (SSSR count). The van der Waals surface area contributed by atoms with E-state index in [2.05, 4.69) is 20.3 Å². The number of anilines is 1. The van der Waals surface area contributed by atoms with Crippen molar-refractivity contribution >= 4 is 22.4 Å². The summed E-state index contributed by atoms with van der Waals surface area (Å²) in [7, 11) is 1.75. The van der Waals surface area contributed by atoms with Crippen LogP contribution in [0.15, 0.2) is 23.6 Å². The second kappa shape index (κ2) is 6.49. The summed E-state index contributed by atoms with van der Waals surface area (Å²) in [6.45, 7) is 0.852. The minimum absolute atomic E-state index is 0.155. The quantitative estimate of drug-likeness (QED) is 0.738. The number of carbonyl (C=O) groups is 1. The molecule has 0 saturated heterocycles. The van der Waals surface area contributed by atoms with Gasteiger partial charge in [-0.3, -0.25) is 4.79 Å². The number of carbonyl (C=O) groups excluding carboxylic acids is 1. The molecule has 0 fully saturated rings. The molecule has 0 atom stereocenters. The minimum atomic E-state index is -0.675. The van der Waals surface area contributed by atoms with E-state index in [0.29, 0.717) is 36.2 Å². The number of thiazole rings is 1. The van der Waals surface area contributed by atoms with Crippen molar-refractivity contribution < 1.29 is 13.6 Å². The second-order valence-electron chi connectivity index (χ2n) is 5.90. The Morgan fingerprint density at radius 2 is 2.19 bits per heavy atom. The number of benzene rings is 1. The van der Waals surface area contributed by atoms with Crippen molar-refractivity contribution in [3.05, 3.63) is 52.3 Å². The first-order chi connectivity index (χ1) is 12.5. The van der Waals surface area contributed by atoms with E-state index in [1.165, 1.54) is 23.5 Å². The van der Waals surface area contributed by atoms with Crippen molar-refractivity contribution in [3.63, 3.8) is 0 Å². The Bertz CT molecular complexity index is 983. The molecule has 0 unspecified atom stereocenters. The molecule has 0 spiro atoms. The lowest BCUT2D eigenvalue weighted by Crippen LogP contribution is -2.36.